The zero-order valence-electron chi connectivity index (χ0n) is 14.9. The highest BCUT2D eigenvalue weighted by Gasteiger charge is 2.26. The van der Waals surface area contributed by atoms with Gasteiger partial charge in [0.15, 0.2) is 11.3 Å². The van der Waals surface area contributed by atoms with Crippen molar-refractivity contribution in [3.05, 3.63) is 39.4 Å². The van der Waals surface area contributed by atoms with Crippen LogP contribution in [0.25, 0.3) is 16.9 Å². The molecular weight excluding hydrogens is 351 g/mol. The summed E-state index contributed by atoms with van der Waals surface area (Å²) in [7, 11) is 0. The molecule has 3 heterocycles. The van der Waals surface area contributed by atoms with E-state index in [0.717, 1.165) is 24.0 Å². The summed E-state index contributed by atoms with van der Waals surface area (Å²) < 4.78 is 20.1. The van der Waals surface area contributed by atoms with Crippen LogP contribution in [0.5, 0.6) is 0 Å². The molecule has 0 radical (unpaired) electrons. The Balaban J connectivity index is 1.58. The van der Waals surface area contributed by atoms with Crippen LogP contribution < -0.4 is 10.5 Å². The molecule has 3 aromatic rings. The molecule has 1 saturated carbocycles. The molecule has 2 fully saturated rings. The topological polar surface area (TPSA) is 88.9 Å². The molecule has 27 heavy (non-hydrogen) atoms. The van der Waals surface area contributed by atoms with Crippen LogP contribution in [0.3, 0.4) is 0 Å². The number of anilines is 1. The Morgan fingerprint density at radius 2 is 2.00 bits per heavy atom. The van der Waals surface area contributed by atoms with E-state index in [4.69, 9.17) is 4.74 Å². The molecule has 1 aliphatic carbocycles. The van der Waals surface area contributed by atoms with Gasteiger partial charge in [0.2, 0.25) is 11.6 Å². The molecule has 1 aliphatic heterocycles. The van der Waals surface area contributed by atoms with E-state index in [1.54, 1.807) is 6.07 Å². The van der Waals surface area contributed by atoms with Gasteiger partial charge in [-0.15, -0.1) is 15.0 Å². The molecule has 2 aromatic heterocycles. The maximum Gasteiger partial charge on any atom is 0.282 e. The van der Waals surface area contributed by atoms with E-state index >= 15 is 0 Å². The number of benzene rings is 1. The molecular formula is C18H19FN6O2. The first kappa shape index (κ1) is 16.4. The monoisotopic (exact) mass is 370 g/mol. The maximum absolute atomic E-state index is 14.8. The molecule has 9 heteroatoms. The van der Waals surface area contributed by atoms with Crippen LogP contribution in [0.15, 0.2) is 16.9 Å². The fraction of sp³-hybridized carbons (Fsp3) is 0.444. The zero-order chi connectivity index (χ0) is 18.5. The highest BCUT2D eigenvalue weighted by atomic mass is 19.1. The molecule has 0 spiro atoms. The van der Waals surface area contributed by atoms with Crippen molar-refractivity contribution in [3.8, 4) is 5.69 Å². The first-order valence-corrected chi connectivity index (χ1v) is 9.10. The van der Waals surface area contributed by atoms with E-state index in [2.05, 4.69) is 20.2 Å². The van der Waals surface area contributed by atoms with Gasteiger partial charge in [-0.05, 0) is 42.9 Å². The predicted octanol–water partition coefficient (Wildman–Crippen LogP) is 1.67. The minimum Gasteiger partial charge on any atom is -0.378 e. The Morgan fingerprint density at radius 3 is 2.70 bits per heavy atom. The standard InChI is InChI=1S/C18H19FN6O2/c1-10-8-12(11-2-3-11)9-13(19)15(10)25-22-14-16(23-25)20-18(21-17(14)26)24-4-6-27-7-5-24/h8-9,11H,2-7H2,1H3,(H,20,21,23,26). The first-order chi connectivity index (χ1) is 13.1. The molecule has 5 rings (SSSR count). The molecule has 140 valence electrons. The lowest BCUT2D eigenvalue weighted by Gasteiger charge is -2.26. The zero-order valence-corrected chi connectivity index (χ0v) is 14.9. The maximum atomic E-state index is 14.8. The summed E-state index contributed by atoms with van der Waals surface area (Å²) in [6.45, 7) is 4.26. The van der Waals surface area contributed by atoms with Gasteiger partial charge in [-0.3, -0.25) is 9.78 Å². The van der Waals surface area contributed by atoms with Crippen LogP contribution >= 0.6 is 0 Å². The number of halogens is 1. The summed E-state index contributed by atoms with van der Waals surface area (Å²) in [6.07, 6.45) is 2.21. The SMILES string of the molecule is Cc1cc(C2CC2)cc(F)c1-n1nc2nc(N3CCOCC3)[nH]c(=O)c2n1. The van der Waals surface area contributed by atoms with Crippen molar-refractivity contribution < 1.29 is 9.13 Å². The van der Waals surface area contributed by atoms with Crippen LogP contribution in [0, 0.1) is 12.7 Å². The third-order valence-electron chi connectivity index (χ3n) is 5.08. The van der Waals surface area contributed by atoms with Crippen LogP contribution in [0.2, 0.25) is 0 Å². The minimum atomic E-state index is -0.389. The van der Waals surface area contributed by atoms with Gasteiger partial charge in [0.1, 0.15) is 5.69 Å². The van der Waals surface area contributed by atoms with Gasteiger partial charge < -0.3 is 9.64 Å². The second-order valence-electron chi connectivity index (χ2n) is 7.09. The fourth-order valence-electron chi connectivity index (χ4n) is 3.50. The smallest absolute Gasteiger partial charge is 0.282 e. The number of morpholine rings is 1. The number of hydrogen-bond acceptors (Lipinski definition) is 6. The predicted molar refractivity (Wildman–Crippen MR) is 97.0 cm³/mol. The molecule has 0 unspecified atom stereocenters. The number of H-pyrrole nitrogens is 1. The number of rotatable bonds is 3. The number of hydrogen-bond donors (Lipinski definition) is 1. The summed E-state index contributed by atoms with van der Waals surface area (Å²) in [5.74, 6) is 0.503. The van der Waals surface area contributed by atoms with Gasteiger partial charge in [0.05, 0.1) is 13.2 Å². The number of nitrogens with zero attached hydrogens (tertiary/aromatic N) is 5. The van der Waals surface area contributed by atoms with Crippen LogP contribution in [0.4, 0.5) is 10.3 Å². The van der Waals surface area contributed by atoms with E-state index in [-0.39, 0.29) is 28.2 Å². The van der Waals surface area contributed by atoms with Gasteiger partial charge in [0.25, 0.3) is 5.56 Å². The van der Waals surface area contributed by atoms with E-state index in [9.17, 15) is 9.18 Å². The van der Waals surface area contributed by atoms with Gasteiger partial charge in [-0.1, -0.05) is 6.07 Å². The minimum absolute atomic E-state index is 0.0945. The van der Waals surface area contributed by atoms with Gasteiger partial charge in [-0.2, -0.15) is 4.98 Å². The average Bonchev–Trinajstić information content (AvgIpc) is 3.42. The Labute approximate surface area is 154 Å². The molecule has 1 N–H and O–H groups in total. The summed E-state index contributed by atoms with van der Waals surface area (Å²) in [6, 6.07) is 3.52. The molecule has 0 bridgehead atoms. The number of nitrogens with one attached hydrogen (secondary N) is 1. The van der Waals surface area contributed by atoms with Crippen molar-refractivity contribution in [2.45, 2.75) is 25.7 Å². The number of ether oxygens (including phenoxy) is 1. The normalized spacial score (nSPS) is 17.6. The van der Waals surface area contributed by atoms with Gasteiger partial charge >= 0.3 is 0 Å². The molecule has 1 saturated heterocycles. The van der Waals surface area contributed by atoms with Crippen molar-refractivity contribution in [1.29, 1.82) is 0 Å². The highest BCUT2D eigenvalue weighted by Crippen LogP contribution is 2.41. The second-order valence-corrected chi connectivity index (χ2v) is 7.09. The quantitative estimate of drug-likeness (QED) is 0.754. The lowest BCUT2D eigenvalue weighted by molar-refractivity contribution is 0.122. The molecule has 8 nitrogen and oxygen atoms in total. The van der Waals surface area contributed by atoms with Crippen LogP contribution in [-0.4, -0.2) is 51.3 Å². The second kappa shape index (κ2) is 6.12. The lowest BCUT2D eigenvalue weighted by Crippen LogP contribution is -2.38. The third kappa shape index (κ3) is 2.87. The van der Waals surface area contributed by atoms with Crippen molar-refractivity contribution in [3.63, 3.8) is 0 Å². The molecule has 0 atom stereocenters. The Morgan fingerprint density at radius 1 is 1.22 bits per heavy atom. The summed E-state index contributed by atoms with van der Waals surface area (Å²) in [4.78, 5) is 22.7. The summed E-state index contributed by atoms with van der Waals surface area (Å²) >= 11 is 0. The molecule has 1 aromatic carbocycles. The Kier molecular flexibility index (Phi) is 3.71. The number of aryl methyl sites for hydroxylation is 1. The number of aromatic nitrogens is 5. The van der Waals surface area contributed by atoms with E-state index in [1.165, 1.54) is 4.80 Å². The van der Waals surface area contributed by atoms with E-state index in [0.29, 0.717) is 38.2 Å². The van der Waals surface area contributed by atoms with Crippen molar-refractivity contribution in [1.82, 2.24) is 25.0 Å². The van der Waals surface area contributed by atoms with Gasteiger partial charge in [0, 0.05) is 13.1 Å². The van der Waals surface area contributed by atoms with Crippen LogP contribution in [-0.2, 0) is 4.74 Å². The largest absolute Gasteiger partial charge is 0.378 e. The number of aromatic amines is 1. The van der Waals surface area contributed by atoms with E-state index < -0.39 is 0 Å². The Bertz CT molecular complexity index is 1060. The number of fused-ring (bicyclic) bond motifs is 1. The highest BCUT2D eigenvalue weighted by molar-refractivity contribution is 5.69. The van der Waals surface area contributed by atoms with Crippen LogP contribution in [0.1, 0.15) is 29.9 Å². The van der Waals surface area contributed by atoms with Crippen molar-refractivity contribution in [2.24, 2.45) is 0 Å². The molecule has 2 aliphatic rings. The summed E-state index contributed by atoms with van der Waals surface area (Å²) in [5.41, 5.74) is 1.91. The molecule has 0 amide bonds. The van der Waals surface area contributed by atoms with Crippen molar-refractivity contribution >= 4 is 17.1 Å². The fourth-order valence-corrected chi connectivity index (χ4v) is 3.50. The average molecular weight is 370 g/mol. The summed E-state index contributed by atoms with van der Waals surface area (Å²) in [5, 5.41) is 8.48. The van der Waals surface area contributed by atoms with Gasteiger partial charge in [-0.25, -0.2) is 4.39 Å². The first-order valence-electron chi connectivity index (χ1n) is 9.10. The Hall–Kier alpha value is -2.81. The van der Waals surface area contributed by atoms with E-state index in [1.807, 2.05) is 17.9 Å². The van der Waals surface area contributed by atoms with Crippen molar-refractivity contribution in [2.75, 3.05) is 31.2 Å². The third-order valence-corrected chi connectivity index (χ3v) is 5.08. The lowest BCUT2D eigenvalue weighted by atomic mass is 10.1.